The maximum Gasteiger partial charge on any atom is 0.424 e. The Morgan fingerprint density at radius 2 is 2.04 bits per heavy atom. The number of aliphatic hydroxyl groups is 1. The van der Waals surface area contributed by atoms with Gasteiger partial charge >= 0.3 is 6.18 Å². The molecule has 27 heavy (non-hydrogen) atoms. The number of halogens is 4. The van der Waals surface area contributed by atoms with Gasteiger partial charge in [-0.2, -0.15) is 13.2 Å². The predicted octanol–water partition coefficient (Wildman–Crippen LogP) is 2.49. The van der Waals surface area contributed by atoms with E-state index in [9.17, 15) is 22.5 Å². The Hall–Kier alpha value is -0.940. The van der Waals surface area contributed by atoms with Gasteiger partial charge in [-0.1, -0.05) is 18.5 Å². The molecule has 4 N–H and O–H groups in total. The van der Waals surface area contributed by atoms with E-state index in [1.807, 2.05) is 0 Å². The number of rotatable bonds is 5. The molecule has 0 fully saturated rings. The van der Waals surface area contributed by atoms with E-state index in [4.69, 9.17) is 22.1 Å². The summed E-state index contributed by atoms with van der Waals surface area (Å²) in [6.45, 7) is 5.95. The Balaban J connectivity index is 2.62. The molecule has 0 aliphatic carbocycles. The van der Waals surface area contributed by atoms with E-state index in [-0.39, 0.29) is 23.1 Å². The molecule has 11 heteroatoms. The molecule has 2 heterocycles. The summed E-state index contributed by atoms with van der Waals surface area (Å²) in [6.07, 6.45) is -4.70. The van der Waals surface area contributed by atoms with Crippen molar-refractivity contribution in [1.82, 2.24) is 9.71 Å². The average Bonchev–Trinajstić information content (AvgIpc) is 2.91. The number of nitrogens with one attached hydrogen (secondary N) is 1. The predicted molar refractivity (Wildman–Crippen MR) is 96.7 cm³/mol. The van der Waals surface area contributed by atoms with E-state index in [1.54, 1.807) is 27.7 Å². The fourth-order valence-corrected chi connectivity index (χ4v) is 3.85. The molecule has 1 aromatic heterocycles. The average molecular weight is 430 g/mol. The molecular formula is C16H23ClF3N3O3S. The summed E-state index contributed by atoms with van der Waals surface area (Å²) in [6, 6.07) is 1.07. The Labute approximate surface area is 163 Å². The van der Waals surface area contributed by atoms with Crippen LogP contribution in [-0.4, -0.2) is 38.4 Å². The molecule has 3 atom stereocenters. The van der Waals surface area contributed by atoms with Crippen molar-refractivity contribution in [3.63, 3.8) is 0 Å². The Morgan fingerprint density at radius 3 is 2.48 bits per heavy atom. The molecule has 0 radical (unpaired) electrons. The van der Waals surface area contributed by atoms with Crippen LogP contribution >= 0.6 is 11.6 Å². The van der Waals surface area contributed by atoms with Crippen molar-refractivity contribution in [3.8, 4) is 5.75 Å². The quantitative estimate of drug-likeness (QED) is 0.625. The molecular weight excluding hydrogens is 407 g/mol. The summed E-state index contributed by atoms with van der Waals surface area (Å²) in [7, 11) is -1.53. The lowest BCUT2D eigenvalue weighted by Gasteiger charge is -2.33. The molecule has 6 nitrogen and oxygen atoms in total. The molecule has 154 valence electrons. The minimum atomic E-state index is -5.05. The molecule has 1 aromatic rings. The van der Waals surface area contributed by atoms with Crippen molar-refractivity contribution in [2.45, 2.75) is 56.2 Å². The summed E-state index contributed by atoms with van der Waals surface area (Å²) in [5.74, 6) is 0.0993. The van der Waals surface area contributed by atoms with Gasteiger partial charge in [-0.05, 0) is 33.3 Å². The van der Waals surface area contributed by atoms with Crippen LogP contribution < -0.4 is 15.2 Å². The van der Waals surface area contributed by atoms with Crippen molar-refractivity contribution < 1.29 is 27.2 Å². The minimum absolute atomic E-state index is 0.0125. The second-order valence-corrected chi connectivity index (χ2v) is 9.77. The number of aromatic nitrogens is 1. The summed E-state index contributed by atoms with van der Waals surface area (Å²) < 4.78 is 60.7. The zero-order chi connectivity index (χ0) is 20.8. The minimum Gasteiger partial charge on any atom is -0.488 e. The van der Waals surface area contributed by atoms with Crippen LogP contribution in [0.4, 0.5) is 13.2 Å². The highest BCUT2D eigenvalue weighted by molar-refractivity contribution is 7.84. The van der Waals surface area contributed by atoms with Gasteiger partial charge in [-0.3, -0.25) is 0 Å². The zero-order valence-corrected chi connectivity index (χ0v) is 17.0. The van der Waals surface area contributed by atoms with Gasteiger partial charge < -0.3 is 15.6 Å². The number of alkyl halides is 3. The zero-order valence-electron chi connectivity index (χ0n) is 15.4. The first-order valence-electron chi connectivity index (χ1n) is 8.25. The molecule has 0 saturated carbocycles. The number of hydrogen-bond donors (Lipinski definition) is 3. The smallest absolute Gasteiger partial charge is 0.424 e. The second kappa shape index (κ2) is 7.14. The summed E-state index contributed by atoms with van der Waals surface area (Å²) >= 11 is 6.04. The van der Waals surface area contributed by atoms with Crippen LogP contribution in [0.5, 0.6) is 5.75 Å². The lowest BCUT2D eigenvalue weighted by molar-refractivity contribution is -0.263. The summed E-state index contributed by atoms with van der Waals surface area (Å²) in [4.78, 5) is 3.67. The number of fused-ring (bicyclic) bond motifs is 1. The third-order valence-corrected chi connectivity index (χ3v) is 6.49. The van der Waals surface area contributed by atoms with Crippen LogP contribution in [0.15, 0.2) is 6.07 Å². The van der Waals surface area contributed by atoms with Gasteiger partial charge in [0.15, 0.2) is 10.9 Å². The second-order valence-electron chi connectivity index (χ2n) is 7.44. The number of nitrogens with zero attached hydrogens (tertiary/aromatic N) is 1. The highest BCUT2D eigenvalue weighted by atomic mass is 35.5. The van der Waals surface area contributed by atoms with Crippen LogP contribution in [0.1, 0.15) is 45.4 Å². The van der Waals surface area contributed by atoms with Crippen molar-refractivity contribution in [2.24, 2.45) is 5.73 Å². The monoisotopic (exact) mass is 429 g/mol. The number of ether oxygens (including phenoxy) is 1. The molecule has 0 aromatic carbocycles. The van der Waals surface area contributed by atoms with E-state index in [2.05, 4.69) is 9.71 Å². The maximum absolute atomic E-state index is 13.4. The van der Waals surface area contributed by atoms with Crippen molar-refractivity contribution in [1.29, 1.82) is 0 Å². The Morgan fingerprint density at radius 1 is 1.44 bits per heavy atom. The highest BCUT2D eigenvalue weighted by Crippen LogP contribution is 2.47. The number of nitrogens with two attached hydrogens (primary N) is 1. The van der Waals surface area contributed by atoms with Crippen LogP contribution in [0.3, 0.4) is 0 Å². The first-order chi connectivity index (χ1) is 12.2. The number of hydrogen-bond acceptors (Lipinski definition) is 5. The van der Waals surface area contributed by atoms with Crippen LogP contribution in [0, 0.1) is 0 Å². The normalized spacial score (nSPS) is 23.5. The fourth-order valence-electron chi connectivity index (χ4n) is 2.63. The molecule has 1 aliphatic heterocycles. The highest BCUT2D eigenvalue weighted by Gasteiger charge is 2.56. The molecule has 0 saturated heterocycles. The van der Waals surface area contributed by atoms with E-state index >= 15 is 0 Å². The molecule has 0 spiro atoms. The van der Waals surface area contributed by atoms with Gasteiger partial charge in [0.25, 0.3) is 0 Å². The van der Waals surface area contributed by atoms with Crippen molar-refractivity contribution in [3.05, 3.63) is 22.5 Å². The third-order valence-electron chi connectivity index (χ3n) is 4.55. The van der Waals surface area contributed by atoms with E-state index in [0.717, 1.165) is 6.07 Å². The Bertz CT molecular complexity index is 757. The molecule has 1 aliphatic rings. The topological polar surface area (TPSA) is 97.5 Å². The standard InChI is InChI=1S/C16H23ClF3N3O3S/c1-5-14(23-27(25)13(2,3)4)8-26-11-9(14)6-10(22-12(11)17)15(24,7-21)16(18,19)20/h6,23-24H,5,7-8,21H2,1-4H3/t14-,15?,27?/m0/s1. The van der Waals surface area contributed by atoms with Gasteiger partial charge in [0, 0.05) is 12.1 Å². The lowest BCUT2D eigenvalue weighted by atomic mass is 9.88. The van der Waals surface area contributed by atoms with Gasteiger partial charge in [0.1, 0.15) is 6.61 Å². The first-order valence-corrected chi connectivity index (χ1v) is 9.78. The maximum atomic E-state index is 13.4. The van der Waals surface area contributed by atoms with Crippen LogP contribution in [0.25, 0.3) is 0 Å². The Kier molecular flexibility index (Phi) is 5.91. The summed E-state index contributed by atoms with van der Waals surface area (Å²) in [5, 5.41) is 9.82. The molecule has 0 amide bonds. The fraction of sp³-hybridized carbons (Fsp3) is 0.688. The molecule has 2 unspecified atom stereocenters. The van der Waals surface area contributed by atoms with Crippen LogP contribution in [-0.2, 0) is 22.1 Å². The third kappa shape index (κ3) is 3.82. The lowest BCUT2D eigenvalue weighted by Crippen LogP contribution is -2.50. The first kappa shape index (κ1) is 22.4. The van der Waals surface area contributed by atoms with E-state index < -0.39 is 45.3 Å². The van der Waals surface area contributed by atoms with Crippen molar-refractivity contribution in [2.75, 3.05) is 13.2 Å². The van der Waals surface area contributed by atoms with Gasteiger partial charge in [-0.15, -0.1) is 0 Å². The summed E-state index contributed by atoms with van der Waals surface area (Å²) in [5.41, 5.74) is 0.329. The SMILES string of the molecule is CC[C@]1(NS(=O)C(C)(C)C)COc2c1cc(C(O)(CN)C(F)(F)F)nc2Cl. The van der Waals surface area contributed by atoms with Gasteiger partial charge in [0.2, 0.25) is 5.60 Å². The molecule has 2 rings (SSSR count). The van der Waals surface area contributed by atoms with Gasteiger partial charge in [0.05, 0.1) is 27.0 Å². The number of pyridine rings is 1. The van der Waals surface area contributed by atoms with E-state index in [0.29, 0.717) is 6.42 Å². The van der Waals surface area contributed by atoms with Crippen molar-refractivity contribution >= 4 is 22.6 Å². The molecule has 0 bridgehead atoms. The van der Waals surface area contributed by atoms with E-state index in [1.165, 1.54) is 0 Å². The van der Waals surface area contributed by atoms with Gasteiger partial charge in [-0.25, -0.2) is 13.9 Å². The van der Waals surface area contributed by atoms with Crippen LogP contribution in [0.2, 0.25) is 5.15 Å². The largest absolute Gasteiger partial charge is 0.488 e.